The number of aryl methyl sites for hydroxylation is 2. The third kappa shape index (κ3) is 5.13. The number of nitrogens with zero attached hydrogens (tertiary/aromatic N) is 7. The second-order valence-electron chi connectivity index (χ2n) is 10.4. The number of pyridine rings is 1. The number of aliphatic imine (C=N–C) groups is 2. The first-order chi connectivity index (χ1) is 18.7. The fourth-order valence-corrected chi connectivity index (χ4v) is 5.70. The number of amides is 1. The quantitative estimate of drug-likeness (QED) is 0.396. The Morgan fingerprint density at radius 2 is 1.87 bits per heavy atom. The lowest BCUT2D eigenvalue weighted by Crippen LogP contribution is -2.41. The maximum atomic E-state index is 15.3. The zero-order chi connectivity index (χ0) is 27.8. The van der Waals surface area contributed by atoms with Gasteiger partial charge in [-0.2, -0.15) is 0 Å². The van der Waals surface area contributed by atoms with E-state index >= 15 is 4.39 Å². The van der Waals surface area contributed by atoms with Crippen LogP contribution in [0.1, 0.15) is 60.2 Å². The number of carbonyl (C=O) groups is 1. The molecule has 10 heteroatoms. The van der Waals surface area contributed by atoms with Gasteiger partial charge in [-0.1, -0.05) is 0 Å². The van der Waals surface area contributed by atoms with Crippen LogP contribution in [0.5, 0.6) is 0 Å². The lowest BCUT2D eigenvalue weighted by Gasteiger charge is -2.31. The third-order valence-electron chi connectivity index (χ3n) is 7.63. The molecular weight excluding hydrogens is 500 g/mol. The van der Waals surface area contributed by atoms with Crippen LogP contribution < -0.4 is 0 Å². The van der Waals surface area contributed by atoms with Crippen LogP contribution >= 0.6 is 0 Å². The molecule has 3 aromatic rings. The van der Waals surface area contributed by atoms with Crippen molar-refractivity contribution in [1.82, 2.24) is 24.3 Å². The summed E-state index contributed by atoms with van der Waals surface area (Å²) in [6.07, 6.45) is 2.96. The van der Waals surface area contributed by atoms with Gasteiger partial charge in [-0.25, -0.2) is 23.7 Å². The van der Waals surface area contributed by atoms with E-state index in [4.69, 9.17) is 0 Å². The summed E-state index contributed by atoms with van der Waals surface area (Å²) in [5.74, 6) is -0.462. The van der Waals surface area contributed by atoms with Crippen molar-refractivity contribution in [3.05, 3.63) is 58.6 Å². The second kappa shape index (κ2) is 10.8. The van der Waals surface area contributed by atoms with E-state index in [0.717, 1.165) is 38.7 Å². The van der Waals surface area contributed by atoms with Crippen LogP contribution in [0.25, 0.3) is 16.7 Å². The summed E-state index contributed by atoms with van der Waals surface area (Å²) in [6, 6.07) is 6.44. The Kier molecular flexibility index (Phi) is 7.40. The molecule has 39 heavy (non-hydrogen) atoms. The molecule has 0 atom stereocenters. The van der Waals surface area contributed by atoms with Crippen molar-refractivity contribution in [2.75, 3.05) is 26.2 Å². The molecule has 3 saturated heterocycles. The van der Waals surface area contributed by atoms with Crippen molar-refractivity contribution < 1.29 is 13.6 Å². The van der Waals surface area contributed by atoms with Crippen LogP contribution in [0, 0.1) is 19.7 Å². The average molecular weight is 534 g/mol. The molecule has 3 fully saturated rings. The molecule has 3 aliphatic heterocycles. The fourth-order valence-electron chi connectivity index (χ4n) is 5.70. The first-order valence-electron chi connectivity index (χ1n) is 13.3. The van der Waals surface area contributed by atoms with E-state index in [-0.39, 0.29) is 40.6 Å². The number of aromatic nitrogens is 3. The van der Waals surface area contributed by atoms with Crippen LogP contribution in [-0.2, 0) is 0 Å². The second-order valence-corrected chi connectivity index (χ2v) is 10.4. The first kappa shape index (κ1) is 26.8. The Balaban J connectivity index is 1.41. The SMILES string of the molecule is C=N/C(=C(F)\C=N/c1ccc(C(=O)N2CCN3CCC2CC3)c(C)n1)c1cc(F)c2nc(C)n(C(C)C)c2c1. The molecule has 0 unspecified atom stereocenters. The molecule has 2 bridgehead atoms. The smallest absolute Gasteiger partial charge is 0.255 e. The minimum atomic E-state index is -0.786. The Hall–Kier alpha value is -3.79. The maximum absolute atomic E-state index is 15.3. The van der Waals surface area contributed by atoms with Crippen molar-refractivity contribution in [2.45, 2.75) is 52.6 Å². The van der Waals surface area contributed by atoms with E-state index in [9.17, 15) is 9.18 Å². The molecule has 8 nitrogen and oxygen atoms in total. The summed E-state index contributed by atoms with van der Waals surface area (Å²) in [6.45, 7) is 14.6. The van der Waals surface area contributed by atoms with Crippen molar-refractivity contribution in [3.8, 4) is 0 Å². The third-order valence-corrected chi connectivity index (χ3v) is 7.63. The van der Waals surface area contributed by atoms with E-state index in [0.29, 0.717) is 29.1 Å². The van der Waals surface area contributed by atoms with Crippen molar-refractivity contribution in [1.29, 1.82) is 0 Å². The number of imidazole rings is 1. The highest BCUT2D eigenvalue weighted by molar-refractivity contribution is 5.96. The lowest BCUT2D eigenvalue weighted by atomic mass is 10.0. The highest BCUT2D eigenvalue weighted by atomic mass is 19.1. The number of hydrogen-bond donors (Lipinski definition) is 0. The summed E-state index contributed by atoms with van der Waals surface area (Å²) < 4.78 is 32.1. The van der Waals surface area contributed by atoms with Crippen molar-refractivity contribution >= 4 is 41.4 Å². The topological polar surface area (TPSA) is 79.0 Å². The highest BCUT2D eigenvalue weighted by Gasteiger charge is 2.33. The summed E-state index contributed by atoms with van der Waals surface area (Å²) in [4.78, 5) is 34.4. The van der Waals surface area contributed by atoms with Gasteiger partial charge in [-0.15, -0.1) is 0 Å². The van der Waals surface area contributed by atoms with Crippen LogP contribution in [-0.4, -0.2) is 75.4 Å². The van der Waals surface area contributed by atoms with E-state index in [2.05, 4.69) is 31.6 Å². The standard InChI is InChI=1S/C29H33F2N7O/c1-17(2)38-19(4)35-28-23(30)14-20(15-25(28)38)27(32-5)24(31)16-33-26-7-6-22(18(3)34-26)29(39)37-13-12-36-10-8-21(37)9-11-36/h6-7,14-17,21H,5,8-13H2,1-4H3/b27-24+,33-16-. The Morgan fingerprint density at radius 1 is 1.13 bits per heavy atom. The monoisotopic (exact) mass is 533 g/mol. The molecule has 0 N–H and O–H groups in total. The first-order valence-corrected chi connectivity index (χ1v) is 13.3. The normalized spacial score (nSPS) is 20.1. The fraction of sp³-hybridized carbons (Fsp3) is 0.414. The Morgan fingerprint density at radius 3 is 2.54 bits per heavy atom. The van der Waals surface area contributed by atoms with E-state index in [1.54, 1.807) is 32.0 Å². The van der Waals surface area contributed by atoms with Gasteiger partial charge in [0.25, 0.3) is 5.91 Å². The molecule has 5 heterocycles. The molecule has 204 valence electrons. The summed E-state index contributed by atoms with van der Waals surface area (Å²) in [5, 5.41) is 0. The van der Waals surface area contributed by atoms with Crippen molar-refractivity contribution in [3.63, 3.8) is 0 Å². The minimum absolute atomic E-state index is 0.0261. The average Bonchev–Trinajstić information content (AvgIpc) is 3.03. The van der Waals surface area contributed by atoms with Gasteiger partial charge in [0.05, 0.1) is 23.0 Å². The number of halogens is 2. The van der Waals surface area contributed by atoms with Gasteiger partial charge >= 0.3 is 0 Å². The zero-order valence-electron chi connectivity index (χ0n) is 22.8. The molecule has 0 radical (unpaired) electrons. The van der Waals surface area contributed by atoms with Gasteiger partial charge in [0.15, 0.2) is 17.5 Å². The largest absolute Gasteiger partial charge is 0.334 e. The molecule has 2 aromatic heterocycles. The molecular formula is C29H33F2N7O. The van der Waals surface area contributed by atoms with Gasteiger partial charge < -0.3 is 14.4 Å². The van der Waals surface area contributed by atoms with Gasteiger partial charge in [0.2, 0.25) is 0 Å². The summed E-state index contributed by atoms with van der Waals surface area (Å²) in [7, 11) is 0. The number of fused-ring (bicyclic) bond motifs is 5. The molecule has 0 spiro atoms. The van der Waals surface area contributed by atoms with Crippen molar-refractivity contribution in [2.24, 2.45) is 9.98 Å². The van der Waals surface area contributed by atoms with Gasteiger partial charge in [-0.05, 0) is 71.5 Å². The molecule has 1 aromatic carbocycles. The molecule has 1 amide bonds. The Bertz CT molecular complexity index is 1500. The predicted molar refractivity (Wildman–Crippen MR) is 150 cm³/mol. The number of rotatable bonds is 6. The van der Waals surface area contributed by atoms with Crippen LogP contribution in [0.4, 0.5) is 14.6 Å². The van der Waals surface area contributed by atoms with Gasteiger partial charge in [0, 0.05) is 43.8 Å². The van der Waals surface area contributed by atoms with Gasteiger partial charge in [-0.3, -0.25) is 9.79 Å². The number of allylic oxidation sites excluding steroid dienone is 1. The van der Waals surface area contributed by atoms with Crippen LogP contribution in [0.2, 0.25) is 0 Å². The molecule has 6 rings (SSSR count). The van der Waals surface area contributed by atoms with Crippen LogP contribution in [0.15, 0.2) is 40.1 Å². The molecule has 3 aliphatic rings. The molecule has 0 saturated carbocycles. The number of benzene rings is 1. The van der Waals surface area contributed by atoms with Crippen LogP contribution in [0.3, 0.4) is 0 Å². The summed E-state index contributed by atoms with van der Waals surface area (Å²) in [5.41, 5.74) is 1.93. The molecule has 0 aliphatic carbocycles. The Labute approximate surface area is 226 Å². The zero-order valence-corrected chi connectivity index (χ0v) is 22.8. The number of carbonyl (C=O) groups excluding carboxylic acids is 1. The number of hydrogen-bond acceptors (Lipinski definition) is 6. The van der Waals surface area contributed by atoms with Gasteiger partial charge in [0.1, 0.15) is 17.0 Å². The highest BCUT2D eigenvalue weighted by Crippen LogP contribution is 2.30. The number of piperidine rings is 1. The van der Waals surface area contributed by atoms with E-state index in [1.807, 2.05) is 23.3 Å². The summed E-state index contributed by atoms with van der Waals surface area (Å²) >= 11 is 0. The predicted octanol–water partition coefficient (Wildman–Crippen LogP) is 5.43. The minimum Gasteiger partial charge on any atom is -0.334 e. The van der Waals surface area contributed by atoms with E-state index in [1.165, 1.54) is 6.07 Å². The maximum Gasteiger partial charge on any atom is 0.255 e. The van der Waals surface area contributed by atoms with E-state index < -0.39 is 11.6 Å². The lowest BCUT2D eigenvalue weighted by molar-refractivity contribution is 0.0683.